The van der Waals surface area contributed by atoms with E-state index in [1.165, 1.54) is 19.2 Å². The molecule has 2 aromatic rings. The Morgan fingerprint density at radius 1 is 1.09 bits per heavy atom. The van der Waals surface area contributed by atoms with E-state index in [0.29, 0.717) is 25.1 Å². The number of nitrogens with one attached hydrogen (secondary N) is 1. The number of methoxy groups -OCH3 is 1. The Morgan fingerprint density at radius 2 is 1.78 bits per heavy atom. The lowest BCUT2D eigenvalue weighted by Crippen LogP contribution is -2.21. The van der Waals surface area contributed by atoms with E-state index >= 15 is 0 Å². The molecule has 2 heterocycles. The summed E-state index contributed by atoms with van der Waals surface area (Å²) in [7, 11) is 1.45. The fourth-order valence-corrected chi connectivity index (χ4v) is 2.60. The molecular formula is C16H18ClF2N3O. The molecule has 1 N–H and O–H groups in total. The molecule has 1 aliphatic heterocycles. The van der Waals surface area contributed by atoms with Crippen molar-refractivity contribution in [2.75, 3.05) is 20.2 Å². The molecule has 0 fully saturated rings. The molecule has 0 bridgehead atoms. The minimum absolute atomic E-state index is 0. The monoisotopic (exact) mass is 341 g/mol. The van der Waals surface area contributed by atoms with Gasteiger partial charge in [-0.2, -0.15) is 13.8 Å². The largest absolute Gasteiger partial charge is 0.481 e. The molecule has 124 valence electrons. The van der Waals surface area contributed by atoms with Crippen molar-refractivity contribution in [3.8, 4) is 5.88 Å². The van der Waals surface area contributed by atoms with Gasteiger partial charge in [-0.15, -0.1) is 12.4 Å². The fraction of sp³-hybridized carbons (Fsp3) is 0.375. The predicted molar refractivity (Wildman–Crippen MR) is 85.5 cm³/mol. The Bertz CT molecular complexity index is 668. The van der Waals surface area contributed by atoms with Crippen LogP contribution >= 0.6 is 12.4 Å². The number of hydrogen-bond donors (Lipinski definition) is 1. The number of alkyl halides is 2. The maximum atomic E-state index is 14.7. The molecule has 7 heteroatoms. The van der Waals surface area contributed by atoms with Crippen molar-refractivity contribution in [2.24, 2.45) is 0 Å². The molecule has 23 heavy (non-hydrogen) atoms. The van der Waals surface area contributed by atoms with Gasteiger partial charge in [0.15, 0.2) is 0 Å². The normalized spacial score (nSPS) is 14.4. The average molecular weight is 342 g/mol. The van der Waals surface area contributed by atoms with E-state index < -0.39 is 11.7 Å². The third kappa shape index (κ3) is 3.43. The molecular weight excluding hydrogens is 324 g/mol. The third-order valence-corrected chi connectivity index (χ3v) is 3.76. The number of benzene rings is 1. The second-order valence-corrected chi connectivity index (χ2v) is 5.17. The zero-order valence-electron chi connectivity index (χ0n) is 12.7. The van der Waals surface area contributed by atoms with Crippen molar-refractivity contribution in [2.45, 2.75) is 18.8 Å². The number of hydrogen-bond acceptors (Lipinski definition) is 4. The molecule has 0 aliphatic carbocycles. The van der Waals surface area contributed by atoms with E-state index in [4.69, 9.17) is 4.74 Å². The Labute approximate surface area is 139 Å². The maximum absolute atomic E-state index is 14.7. The second-order valence-electron chi connectivity index (χ2n) is 5.17. The van der Waals surface area contributed by atoms with Gasteiger partial charge in [0.2, 0.25) is 11.7 Å². The van der Waals surface area contributed by atoms with Crippen molar-refractivity contribution in [1.82, 2.24) is 15.3 Å². The lowest BCUT2D eigenvalue weighted by atomic mass is 10.1. The van der Waals surface area contributed by atoms with Crippen LogP contribution in [0.25, 0.3) is 0 Å². The molecule has 4 nitrogen and oxygen atoms in total. The van der Waals surface area contributed by atoms with Crippen LogP contribution in [0, 0.1) is 0 Å². The SMILES string of the molecule is COc1nc(C(F)(F)c2ccccc2)nc2c1CCNCC2.Cl. The first-order valence-corrected chi connectivity index (χ1v) is 7.21. The summed E-state index contributed by atoms with van der Waals surface area (Å²) in [6.07, 6.45) is 1.27. The molecule has 1 aromatic carbocycles. The van der Waals surface area contributed by atoms with Gasteiger partial charge in [0.25, 0.3) is 0 Å². The number of halogens is 3. The lowest BCUT2D eigenvalue weighted by Gasteiger charge is -2.18. The topological polar surface area (TPSA) is 47.0 Å². The lowest BCUT2D eigenvalue weighted by molar-refractivity contribution is 0.0318. The zero-order chi connectivity index (χ0) is 15.6. The van der Waals surface area contributed by atoms with Gasteiger partial charge >= 0.3 is 5.92 Å². The third-order valence-electron chi connectivity index (χ3n) is 3.76. The Hall–Kier alpha value is -1.79. The second kappa shape index (κ2) is 7.19. The highest BCUT2D eigenvalue weighted by Crippen LogP contribution is 2.35. The van der Waals surface area contributed by atoms with Crippen LogP contribution in [0.15, 0.2) is 30.3 Å². The number of rotatable bonds is 3. The quantitative estimate of drug-likeness (QED) is 0.932. The standard InChI is InChI=1S/C16H17F2N3O.ClH/c1-22-14-12-7-9-19-10-8-13(12)20-15(21-14)16(17,18)11-5-3-2-4-6-11;/h2-6,19H,7-10H2,1H3;1H. The Balaban J connectivity index is 0.00000192. The Kier molecular flexibility index (Phi) is 5.49. The van der Waals surface area contributed by atoms with Gasteiger partial charge in [0.1, 0.15) is 0 Å². The molecule has 3 rings (SSSR count). The first-order valence-electron chi connectivity index (χ1n) is 7.21. The summed E-state index contributed by atoms with van der Waals surface area (Å²) in [5.41, 5.74) is 1.34. The summed E-state index contributed by atoms with van der Waals surface area (Å²) < 4.78 is 34.6. The summed E-state index contributed by atoms with van der Waals surface area (Å²) in [5, 5.41) is 3.22. The molecule has 0 unspecified atom stereocenters. The highest BCUT2D eigenvalue weighted by Gasteiger charge is 2.38. The van der Waals surface area contributed by atoms with Crippen molar-refractivity contribution in [3.05, 3.63) is 53.0 Å². The molecule has 0 atom stereocenters. The fourth-order valence-electron chi connectivity index (χ4n) is 2.60. The van der Waals surface area contributed by atoms with Gasteiger partial charge in [-0.3, -0.25) is 0 Å². The van der Waals surface area contributed by atoms with Gasteiger partial charge in [-0.25, -0.2) is 4.98 Å². The van der Waals surface area contributed by atoms with Crippen LogP contribution in [0.5, 0.6) is 5.88 Å². The highest BCUT2D eigenvalue weighted by atomic mass is 35.5. The van der Waals surface area contributed by atoms with E-state index in [0.717, 1.165) is 12.1 Å². The minimum Gasteiger partial charge on any atom is -0.481 e. The zero-order valence-corrected chi connectivity index (χ0v) is 13.5. The first kappa shape index (κ1) is 17.6. The summed E-state index contributed by atoms with van der Waals surface area (Å²) in [6.45, 7) is 1.48. The number of nitrogens with zero attached hydrogens (tertiary/aromatic N) is 2. The summed E-state index contributed by atoms with van der Waals surface area (Å²) >= 11 is 0. The number of aromatic nitrogens is 2. The first-order chi connectivity index (χ1) is 10.6. The maximum Gasteiger partial charge on any atom is 0.331 e. The van der Waals surface area contributed by atoms with Gasteiger partial charge < -0.3 is 10.1 Å². The van der Waals surface area contributed by atoms with Crippen LogP contribution in [0.4, 0.5) is 8.78 Å². The highest BCUT2D eigenvalue weighted by molar-refractivity contribution is 5.85. The van der Waals surface area contributed by atoms with E-state index in [-0.39, 0.29) is 23.9 Å². The van der Waals surface area contributed by atoms with Gasteiger partial charge in [-0.05, 0) is 13.0 Å². The van der Waals surface area contributed by atoms with Gasteiger partial charge in [-0.1, -0.05) is 30.3 Å². The van der Waals surface area contributed by atoms with Crippen molar-refractivity contribution < 1.29 is 13.5 Å². The molecule has 0 amide bonds. The van der Waals surface area contributed by atoms with Crippen LogP contribution in [0.2, 0.25) is 0 Å². The Morgan fingerprint density at radius 3 is 2.48 bits per heavy atom. The van der Waals surface area contributed by atoms with Crippen LogP contribution in [0.1, 0.15) is 22.6 Å². The molecule has 0 radical (unpaired) electrons. The van der Waals surface area contributed by atoms with E-state index in [1.807, 2.05) is 0 Å². The molecule has 0 saturated carbocycles. The molecule has 1 aliphatic rings. The number of fused-ring (bicyclic) bond motifs is 1. The van der Waals surface area contributed by atoms with Crippen molar-refractivity contribution >= 4 is 12.4 Å². The van der Waals surface area contributed by atoms with Crippen LogP contribution in [-0.2, 0) is 18.8 Å². The van der Waals surface area contributed by atoms with Crippen LogP contribution in [0.3, 0.4) is 0 Å². The van der Waals surface area contributed by atoms with Crippen LogP contribution in [-0.4, -0.2) is 30.2 Å². The van der Waals surface area contributed by atoms with Crippen molar-refractivity contribution in [3.63, 3.8) is 0 Å². The van der Waals surface area contributed by atoms with Gasteiger partial charge in [0.05, 0.1) is 12.8 Å². The summed E-state index contributed by atoms with van der Waals surface area (Å²) in [5.74, 6) is -3.50. The predicted octanol–water partition coefficient (Wildman–Crippen LogP) is 2.74. The van der Waals surface area contributed by atoms with E-state index in [2.05, 4.69) is 15.3 Å². The summed E-state index contributed by atoms with van der Waals surface area (Å²) in [4.78, 5) is 8.13. The summed E-state index contributed by atoms with van der Waals surface area (Å²) in [6, 6.07) is 7.61. The van der Waals surface area contributed by atoms with E-state index in [9.17, 15) is 8.78 Å². The smallest absolute Gasteiger partial charge is 0.331 e. The van der Waals surface area contributed by atoms with Gasteiger partial charge in [0, 0.05) is 24.1 Å². The minimum atomic E-state index is -3.25. The average Bonchev–Trinajstić information content (AvgIpc) is 2.80. The molecule has 1 aromatic heterocycles. The number of ether oxygens (including phenoxy) is 1. The van der Waals surface area contributed by atoms with Crippen LogP contribution < -0.4 is 10.1 Å². The van der Waals surface area contributed by atoms with E-state index in [1.54, 1.807) is 18.2 Å². The van der Waals surface area contributed by atoms with Crippen molar-refractivity contribution in [1.29, 1.82) is 0 Å². The molecule has 0 spiro atoms. The molecule has 0 saturated heterocycles.